The van der Waals surface area contributed by atoms with Gasteiger partial charge in [0.05, 0.1) is 6.04 Å². The van der Waals surface area contributed by atoms with Crippen molar-refractivity contribution in [1.82, 2.24) is 25.5 Å². The van der Waals surface area contributed by atoms with Crippen LogP contribution >= 0.6 is 0 Å². The van der Waals surface area contributed by atoms with Crippen molar-refractivity contribution in [2.24, 2.45) is 0 Å². The van der Waals surface area contributed by atoms with Crippen molar-refractivity contribution < 1.29 is 9.21 Å². The third kappa shape index (κ3) is 3.34. The SMILES string of the molecule is Cc1nc(C(C)NC(=O)c2ccc3nc(C4CCCCC4)oc3c2)n[nH]1. The molecule has 1 atom stereocenters. The maximum atomic E-state index is 12.5. The normalized spacial score (nSPS) is 16.7. The Morgan fingerprint density at radius 1 is 1.27 bits per heavy atom. The quantitative estimate of drug-likeness (QED) is 0.744. The summed E-state index contributed by atoms with van der Waals surface area (Å²) in [6.07, 6.45) is 6.02. The van der Waals surface area contributed by atoms with Gasteiger partial charge in [-0.25, -0.2) is 9.97 Å². The molecule has 2 aromatic heterocycles. The Hall–Kier alpha value is -2.70. The Balaban J connectivity index is 1.51. The highest BCUT2D eigenvalue weighted by Gasteiger charge is 2.22. The van der Waals surface area contributed by atoms with Crippen LogP contribution < -0.4 is 5.32 Å². The minimum atomic E-state index is -0.282. The minimum Gasteiger partial charge on any atom is -0.440 e. The Morgan fingerprint density at radius 3 is 2.81 bits per heavy atom. The fraction of sp³-hybridized carbons (Fsp3) is 0.474. The lowest BCUT2D eigenvalue weighted by Gasteiger charge is -2.17. The lowest BCUT2D eigenvalue weighted by Crippen LogP contribution is -2.27. The number of H-pyrrole nitrogens is 1. The second-order valence-electron chi connectivity index (χ2n) is 7.04. The smallest absolute Gasteiger partial charge is 0.251 e. The van der Waals surface area contributed by atoms with Crippen LogP contribution in [0.1, 0.15) is 78.9 Å². The van der Waals surface area contributed by atoms with Crippen molar-refractivity contribution in [2.75, 3.05) is 0 Å². The molecule has 7 nitrogen and oxygen atoms in total. The second kappa shape index (κ2) is 6.90. The molecule has 4 rings (SSSR count). The lowest BCUT2D eigenvalue weighted by molar-refractivity contribution is 0.0938. The van der Waals surface area contributed by atoms with Crippen LogP contribution in [0.15, 0.2) is 22.6 Å². The monoisotopic (exact) mass is 353 g/mol. The van der Waals surface area contributed by atoms with Crippen LogP contribution in [0.2, 0.25) is 0 Å². The first kappa shape index (κ1) is 16.8. The first-order valence-corrected chi connectivity index (χ1v) is 9.20. The van der Waals surface area contributed by atoms with Gasteiger partial charge < -0.3 is 9.73 Å². The molecule has 1 amide bonds. The zero-order valence-electron chi connectivity index (χ0n) is 15.1. The molecule has 1 aliphatic carbocycles. The van der Waals surface area contributed by atoms with Crippen LogP contribution in [0.5, 0.6) is 0 Å². The molecule has 136 valence electrons. The topological polar surface area (TPSA) is 96.7 Å². The van der Waals surface area contributed by atoms with E-state index in [1.807, 2.05) is 19.9 Å². The van der Waals surface area contributed by atoms with Crippen LogP contribution in [0.3, 0.4) is 0 Å². The summed E-state index contributed by atoms with van der Waals surface area (Å²) in [5.41, 5.74) is 2.02. The van der Waals surface area contributed by atoms with Gasteiger partial charge in [0.1, 0.15) is 11.3 Å². The van der Waals surface area contributed by atoms with Crippen molar-refractivity contribution in [2.45, 2.75) is 57.9 Å². The summed E-state index contributed by atoms with van der Waals surface area (Å²) in [6.45, 7) is 3.68. The Bertz CT molecular complexity index is 923. The van der Waals surface area contributed by atoms with E-state index < -0.39 is 0 Å². The van der Waals surface area contributed by atoms with Crippen LogP contribution in [-0.4, -0.2) is 26.1 Å². The second-order valence-corrected chi connectivity index (χ2v) is 7.04. The van der Waals surface area contributed by atoms with E-state index in [1.165, 1.54) is 19.3 Å². The molecule has 1 saturated carbocycles. The maximum absolute atomic E-state index is 12.5. The zero-order chi connectivity index (χ0) is 18.1. The van der Waals surface area contributed by atoms with Crippen LogP contribution in [0.25, 0.3) is 11.1 Å². The highest BCUT2D eigenvalue weighted by Crippen LogP contribution is 2.33. The van der Waals surface area contributed by atoms with E-state index in [9.17, 15) is 4.79 Å². The van der Waals surface area contributed by atoms with Gasteiger partial charge >= 0.3 is 0 Å². The number of hydrogen-bond acceptors (Lipinski definition) is 5. The fourth-order valence-electron chi connectivity index (χ4n) is 3.51. The number of rotatable bonds is 4. The number of carbonyl (C=O) groups excluding carboxylic acids is 1. The van der Waals surface area contributed by atoms with Gasteiger partial charge in [-0.2, -0.15) is 5.10 Å². The fourth-order valence-corrected chi connectivity index (χ4v) is 3.51. The van der Waals surface area contributed by atoms with Crippen LogP contribution in [0, 0.1) is 6.92 Å². The molecule has 3 aromatic rings. The maximum Gasteiger partial charge on any atom is 0.251 e. The largest absolute Gasteiger partial charge is 0.440 e. The number of nitrogens with one attached hydrogen (secondary N) is 2. The molecule has 2 N–H and O–H groups in total. The summed E-state index contributed by atoms with van der Waals surface area (Å²) in [6, 6.07) is 5.11. The predicted octanol–water partition coefficient (Wildman–Crippen LogP) is 3.79. The molecule has 0 radical (unpaired) electrons. The van der Waals surface area contributed by atoms with Gasteiger partial charge in [-0.05, 0) is 44.9 Å². The minimum absolute atomic E-state index is 0.183. The molecule has 0 spiro atoms. The number of benzene rings is 1. The average Bonchev–Trinajstić information content (AvgIpc) is 3.28. The van der Waals surface area contributed by atoms with E-state index >= 15 is 0 Å². The molecule has 1 aliphatic rings. The van der Waals surface area contributed by atoms with E-state index in [-0.39, 0.29) is 11.9 Å². The third-order valence-electron chi connectivity index (χ3n) is 4.97. The third-order valence-corrected chi connectivity index (χ3v) is 4.97. The van der Waals surface area contributed by atoms with Crippen molar-refractivity contribution in [3.05, 3.63) is 41.3 Å². The number of oxazole rings is 1. The van der Waals surface area contributed by atoms with Gasteiger partial charge in [0.2, 0.25) is 0 Å². The molecule has 1 aromatic carbocycles. The summed E-state index contributed by atoms with van der Waals surface area (Å²) in [7, 11) is 0. The summed E-state index contributed by atoms with van der Waals surface area (Å²) < 4.78 is 5.97. The molecule has 1 fully saturated rings. The predicted molar refractivity (Wildman–Crippen MR) is 96.8 cm³/mol. The molecular formula is C19H23N5O2. The standard InChI is InChI=1S/C19H23N5O2/c1-11(17-21-12(2)23-24-17)20-18(25)14-8-9-15-16(10-14)26-19(22-15)13-6-4-3-5-7-13/h8-11,13H,3-7H2,1-2H3,(H,20,25)(H,21,23,24). The van der Waals surface area contributed by atoms with Gasteiger partial charge in [-0.15, -0.1) is 0 Å². The Labute approximate surface area is 151 Å². The van der Waals surface area contributed by atoms with E-state index in [0.717, 1.165) is 30.1 Å². The molecule has 1 unspecified atom stereocenters. The number of fused-ring (bicyclic) bond motifs is 1. The number of aryl methyl sites for hydroxylation is 1. The zero-order valence-corrected chi connectivity index (χ0v) is 15.1. The van der Waals surface area contributed by atoms with E-state index in [0.29, 0.717) is 22.9 Å². The molecule has 0 saturated heterocycles. The van der Waals surface area contributed by atoms with Gasteiger partial charge in [0, 0.05) is 11.5 Å². The first-order chi connectivity index (χ1) is 12.6. The van der Waals surface area contributed by atoms with E-state index in [1.54, 1.807) is 12.1 Å². The molecular weight excluding hydrogens is 330 g/mol. The van der Waals surface area contributed by atoms with Crippen LogP contribution in [-0.2, 0) is 0 Å². The number of aromatic nitrogens is 4. The Kier molecular flexibility index (Phi) is 4.44. The molecule has 0 bridgehead atoms. The van der Waals surface area contributed by atoms with Crippen molar-refractivity contribution in [1.29, 1.82) is 0 Å². The number of aromatic amines is 1. The molecule has 0 aliphatic heterocycles. The highest BCUT2D eigenvalue weighted by molar-refractivity contribution is 5.97. The Morgan fingerprint density at radius 2 is 2.08 bits per heavy atom. The number of hydrogen-bond donors (Lipinski definition) is 2. The molecule has 26 heavy (non-hydrogen) atoms. The number of nitrogens with zero attached hydrogens (tertiary/aromatic N) is 3. The van der Waals surface area contributed by atoms with Crippen molar-refractivity contribution in [3.8, 4) is 0 Å². The summed E-state index contributed by atoms with van der Waals surface area (Å²) >= 11 is 0. The van der Waals surface area contributed by atoms with E-state index in [4.69, 9.17) is 4.42 Å². The van der Waals surface area contributed by atoms with E-state index in [2.05, 4.69) is 25.5 Å². The van der Waals surface area contributed by atoms with Crippen LogP contribution in [0.4, 0.5) is 0 Å². The van der Waals surface area contributed by atoms with Gasteiger partial charge in [-0.3, -0.25) is 9.89 Å². The molecule has 2 heterocycles. The van der Waals surface area contributed by atoms with Gasteiger partial charge in [0.15, 0.2) is 17.3 Å². The average molecular weight is 353 g/mol. The molecule has 7 heteroatoms. The van der Waals surface area contributed by atoms with Gasteiger partial charge in [-0.1, -0.05) is 19.3 Å². The van der Waals surface area contributed by atoms with Gasteiger partial charge in [0.25, 0.3) is 5.91 Å². The highest BCUT2D eigenvalue weighted by atomic mass is 16.3. The summed E-state index contributed by atoms with van der Waals surface area (Å²) in [5.74, 6) is 2.32. The first-order valence-electron chi connectivity index (χ1n) is 9.20. The number of carbonyl (C=O) groups is 1. The summed E-state index contributed by atoms with van der Waals surface area (Å²) in [4.78, 5) is 21.4. The summed E-state index contributed by atoms with van der Waals surface area (Å²) in [5, 5.41) is 9.79. The lowest BCUT2D eigenvalue weighted by atomic mass is 9.89. The number of amides is 1. The van der Waals surface area contributed by atoms with Crippen molar-refractivity contribution in [3.63, 3.8) is 0 Å². The van der Waals surface area contributed by atoms with Crippen molar-refractivity contribution >= 4 is 17.0 Å².